The molecule has 0 nitrogen and oxygen atoms in total. The first kappa shape index (κ1) is 15.6. The SMILES string of the molecule is c1ccc2c(c1)CC1=C2CCCC1.c1ccc2c(c1)Cc1ccccc1-2. The quantitative estimate of drug-likeness (QED) is 0.330. The summed E-state index contributed by atoms with van der Waals surface area (Å²) in [6, 6.07) is 26.2. The van der Waals surface area contributed by atoms with Crippen LogP contribution in [0.25, 0.3) is 16.7 Å². The topological polar surface area (TPSA) is 0 Å². The predicted octanol–water partition coefficient (Wildman–Crippen LogP) is 6.83. The van der Waals surface area contributed by atoms with Gasteiger partial charge in [0.1, 0.15) is 0 Å². The highest BCUT2D eigenvalue weighted by atomic mass is 14.3. The average Bonchev–Trinajstić information content (AvgIpc) is 3.27. The smallest absolute Gasteiger partial charge is 0.00135 e. The van der Waals surface area contributed by atoms with E-state index in [0.717, 1.165) is 6.42 Å². The molecule has 0 N–H and O–H groups in total. The first-order chi connectivity index (χ1) is 12.9. The molecule has 0 radical (unpaired) electrons. The summed E-state index contributed by atoms with van der Waals surface area (Å²) >= 11 is 0. The summed E-state index contributed by atoms with van der Waals surface area (Å²) in [5, 5.41) is 0. The van der Waals surface area contributed by atoms with E-state index in [1.165, 1.54) is 54.4 Å². The molecular formula is C26H24. The van der Waals surface area contributed by atoms with Gasteiger partial charge in [-0.2, -0.15) is 0 Å². The largest absolute Gasteiger partial charge is 0.0620 e. The van der Waals surface area contributed by atoms with Gasteiger partial charge in [0, 0.05) is 0 Å². The molecule has 3 aromatic carbocycles. The third-order valence-electron chi connectivity index (χ3n) is 6.03. The van der Waals surface area contributed by atoms with Gasteiger partial charge >= 0.3 is 0 Å². The second-order valence-corrected chi connectivity index (χ2v) is 7.61. The Balaban J connectivity index is 0.000000115. The third kappa shape index (κ3) is 2.70. The summed E-state index contributed by atoms with van der Waals surface area (Å²) in [5.74, 6) is 0. The lowest BCUT2D eigenvalue weighted by Gasteiger charge is -2.13. The van der Waals surface area contributed by atoms with Crippen LogP contribution in [0.4, 0.5) is 0 Å². The zero-order valence-corrected chi connectivity index (χ0v) is 15.2. The molecule has 0 heterocycles. The van der Waals surface area contributed by atoms with Crippen molar-refractivity contribution < 1.29 is 0 Å². The summed E-state index contributed by atoms with van der Waals surface area (Å²) in [6.45, 7) is 0. The monoisotopic (exact) mass is 336 g/mol. The molecule has 0 spiro atoms. The third-order valence-corrected chi connectivity index (χ3v) is 6.03. The van der Waals surface area contributed by atoms with E-state index >= 15 is 0 Å². The van der Waals surface area contributed by atoms with Crippen LogP contribution >= 0.6 is 0 Å². The summed E-state index contributed by atoms with van der Waals surface area (Å²) < 4.78 is 0. The normalized spacial score (nSPS) is 16.2. The first-order valence-electron chi connectivity index (χ1n) is 9.85. The van der Waals surface area contributed by atoms with E-state index in [-0.39, 0.29) is 0 Å². The molecule has 0 aromatic heterocycles. The molecule has 0 saturated carbocycles. The van der Waals surface area contributed by atoms with Crippen LogP contribution < -0.4 is 0 Å². The van der Waals surface area contributed by atoms with Crippen molar-refractivity contribution in [2.24, 2.45) is 0 Å². The van der Waals surface area contributed by atoms with Crippen molar-refractivity contribution in [1.82, 2.24) is 0 Å². The minimum Gasteiger partial charge on any atom is -0.0620 e. The maximum Gasteiger partial charge on any atom is -0.00135 e. The molecule has 3 aliphatic carbocycles. The van der Waals surface area contributed by atoms with Crippen LogP contribution in [-0.2, 0) is 12.8 Å². The molecule has 3 aromatic rings. The molecule has 0 aliphatic heterocycles. The fraction of sp³-hybridized carbons (Fsp3) is 0.231. The molecule has 26 heavy (non-hydrogen) atoms. The van der Waals surface area contributed by atoms with Crippen LogP contribution in [0.3, 0.4) is 0 Å². The van der Waals surface area contributed by atoms with E-state index in [9.17, 15) is 0 Å². The Labute approximate surface area is 156 Å². The van der Waals surface area contributed by atoms with Crippen LogP contribution in [0.1, 0.15) is 47.9 Å². The van der Waals surface area contributed by atoms with Crippen LogP contribution in [-0.4, -0.2) is 0 Å². The van der Waals surface area contributed by atoms with E-state index in [2.05, 4.69) is 72.8 Å². The van der Waals surface area contributed by atoms with Gasteiger partial charge in [-0.25, -0.2) is 0 Å². The van der Waals surface area contributed by atoms with Crippen LogP contribution in [0.15, 0.2) is 78.4 Å². The van der Waals surface area contributed by atoms with Gasteiger partial charge in [0.25, 0.3) is 0 Å². The number of benzene rings is 3. The predicted molar refractivity (Wildman–Crippen MR) is 110 cm³/mol. The summed E-state index contributed by atoms with van der Waals surface area (Å²) in [6.07, 6.45) is 7.83. The number of allylic oxidation sites excluding steroid dienone is 2. The number of rotatable bonds is 0. The van der Waals surface area contributed by atoms with Crippen molar-refractivity contribution in [3.05, 3.63) is 101 Å². The van der Waals surface area contributed by atoms with Gasteiger partial charge in [0.2, 0.25) is 0 Å². The molecule has 0 fully saturated rings. The Hall–Kier alpha value is -2.60. The molecular weight excluding hydrogens is 312 g/mol. The van der Waals surface area contributed by atoms with Gasteiger partial charge in [-0.1, -0.05) is 78.4 Å². The Morgan fingerprint density at radius 1 is 0.462 bits per heavy atom. The van der Waals surface area contributed by atoms with Crippen molar-refractivity contribution in [1.29, 1.82) is 0 Å². The van der Waals surface area contributed by atoms with Crippen molar-refractivity contribution in [2.75, 3.05) is 0 Å². The van der Waals surface area contributed by atoms with Gasteiger partial charge in [-0.05, 0) is 77.5 Å². The lowest BCUT2D eigenvalue weighted by molar-refractivity contribution is 0.711. The summed E-state index contributed by atoms with van der Waals surface area (Å²) in [5.41, 5.74) is 12.3. The highest BCUT2D eigenvalue weighted by molar-refractivity contribution is 5.77. The van der Waals surface area contributed by atoms with Crippen molar-refractivity contribution >= 4 is 5.57 Å². The van der Waals surface area contributed by atoms with Gasteiger partial charge in [0.05, 0.1) is 0 Å². The fourth-order valence-electron chi connectivity index (χ4n) is 4.77. The Kier molecular flexibility index (Phi) is 3.97. The number of hydrogen-bond donors (Lipinski definition) is 0. The summed E-state index contributed by atoms with van der Waals surface area (Å²) in [4.78, 5) is 0. The van der Waals surface area contributed by atoms with Crippen LogP contribution in [0.5, 0.6) is 0 Å². The van der Waals surface area contributed by atoms with E-state index in [1.54, 1.807) is 22.3 Å². The molecule has 0 atom stereocenters. The lowest BCUT2D eigenvalue weighted by atomic mass is 9.92. The van der Waals surface area contributed by atoms with Crippen LogP contribution in [0, 0.1) is 0 Å². The zero-order chi connectivity index (χ0) is 17.3. The maximum absolute atomic E-state index is 2.29. The number of hydrogen-bond acceptors (Lipinski definition) is 0. The maximum atomic E-state index is 2.29. The first-order valence-corrected chi connectivity index (χ1v) is 9.85. The van der Waals surface area contributed by atoms with E-state index < -0.39 is 0 Å². The highest BCUT2D eigenvalue weighted by Crippen LogP contribution is 2.41. The number of fused-ring (bicyclic) bond motifs is 5. The van der Waals surface area contributed by atoms with Crippen LogP contribution in [0.2, 0.25) is 0 Å². The van der Waals surface area contributed by atoms with Crippen molar-refractivity contribution in [3.63, 3.8) is 0 Å². The highest BCUT2D eigenvalue weighted by Gasteiger charge is 2.22. The van der Waals surface area contributed by atoms with Gasteiger partial charge in [0.15, 0.2) is 0 Å². The minimum absolute atomic E-state index is 1.10. The Morgan fingerprint density at radius 3 is 1.62 bits per heavy atom. The molecule has 0 heteroatoms. The molecule has 6 rings (SSSR count). The molecule has 0 amide bonds. The van der Waals surface area contributed by atoms with E-state index in [0.29, 0.717) is 0 Å². The summed E-state index contributed by atoms with van der Waals surface area (Å²) in [7, 11) is 0. The Bertz CT molecular complexity index is 947. The molecule has 0 unspecified atom stereocenters. The minimum atomic E-state index is 1.10. The molecule has 0 bridgehead atoms. The Morgan fingerprint density at radius 2 is 0.962 bits per heavy atom. The molecule has 3 aliphatic rings. The lowest BCUT2D eigenvalue weighted by Crippen LogP contribution is -1.93. The average molecular weight is 336 g/mol. The van der Waals surface area contributed by atoms with E-state index in [4.69, 9.17) is 0 Å². The van der Waals surface area contributed by atoms with E-state index in [1.807, 2.05) is 0 Å². The second kappa shape index (κ2) is 6.61. The van der Waals surface area contributed by atoms with Gasteiger partial charge in [-0.3, -0.25) is 0 Å². The fourth-order valence-corrected chi connectivity index (χ4v) is 4.77. The van der Waals surface area contributed by atoms with Gasteiger partial charge in [-0.15, -0.1) is 0 Å². The zero-order valence-electron chi connectivity index (χ0n) is 15.2. The molecule has 0 saturated heterocycles. The van der Waals surface area contributed by atoms with Gasteiger partial charge < -0.3 is 0 Å². The van der Waals surface area contributed by atoms with Crippen molar-refractivity contribution in [2.45, 2.75) is 38.5 Å². The second-order valence-electron chi connectivity index (χ2n) is 7.61. The standard InChI is InChI=1S/C13H14.C13H10/c2*1-3-7-12-10(5-1)9-11-6-2-4-8-13(11)12/h1,3,5,7H,2,4,6,8-9H2;1-8H,9H2. The van der Waals surface area contributed by atoms with Crippen molar-refractivity contribution in [3.8, 4) is 11.1 Å². The molecule has 128 valence electrons.